The zero-order valence-corrected chi connectivity index (χ0v) is 16.1. The molecule has 6 heteroatoms. The van der Waals surface area contributed by atoms with Crippen LogP contribution >= 0.6 is 11.3 Å². The van der Waals surface area contributed by atoms with Gasteiger partial charge in [-0.1, -0.05) is 6.92 Å². The number of thiazole rings is 1. The van der Waals surface area contributed by atoms with Crippen LogP contribution in [0.3, 0.4) is 0 Å². The summed E-state index contributed by atoms with van der Waals surface area (Å²) in [6.07, 6.45) is 9.22. The second-order valence-electron chi connectivity index (χ2n) is 6.27. The third-order valence-electron chi connectivity index (χ3n) is 4.28. The van der Waals surface area contributed by atoms with E-state index in [9.17, 15) is 0 Å². The molecule has 0 aromatic carbocycles. The summed E-state index contributed by atoms with van der Waals surface area (Å²) in [4.78, 5) is 13.1. The molecule has 5 nitrogen and oxygen atoms in total. The summed E-state index contributed by atoms with van der Waals surface area (Å²) < 4.78 is 0. The minimum absolute atomic E-state index is 0.885. The molecule has 1 fully saturated rings. The lowest BCUT2D eigenvalue weighted by atomic mass is 10.3. The maximum atomic E-state index is 4.69. The molecule has 2 heterocycles. The molecule has 24 heavy (non-hydrogen) atoms. The Kier molecular flexibility index (Phi) is 9.13. The Hall–Kier alpha value is -1.14. The largest absolute Gasteiger partial charge is 0.357 e. The highest BCUT2D eigenvalue weighted by Gasteiger charge is 2.09. The Morgan fingerprint density at radius 1 is 1.25 bits per heavy atom. The molecule has 0 radical (unpaired) electrons. The van der Waals surface area contributed by atoms with E-state index in [0.717, 1.165) is 38.4 Å². The predicted molar refractivity (Wildman–Crippen MR) is 104 cm³/mol. The lowest BCUT2D eigenvalue weighted by Crippen LogP contribution is -2.38. The van der Waals surface area contributed by atoms with Crippen molar-refractivity contribution in [1.82, 2.24) is 20.5 Å². The van der Waals surface area contributed by atoms with Gasteiger partial charge in [-0.25, -0.2) is 4.98 Å². The first kappa shape index (κ1) is 19.2. The molecule has 0 bridgehead atoms. The van der Waals surface area contributed by atoms with Crippen LogP contribution in [0.1, 0.15) is 49.4 Å². The quantitative estimate of drug-likeness (QED) is 0.387. The number of likely N-dealkylation sites (tertiary alicyclic amines) is 1. The van der Waals surface area contributed by atoms with Crippen LogP contribution in [0.15, 0.2) is 11.2 Å². The van der Waals surface area contributed by atoms with Gasteiger partial charge in [0.1, 0.15) is 0 Å². The van der Waals surface area contributed by atoms with E-state index in [1.807, 2.05) is 17.5 Å². The highest BCUT2D eigenvalue weighted by Crippen LogP contribution is 2.13. The number of guanidine groups is 1. The first-order chi connectivity index (χ1) is 11.8. The van der Waals surface area contributed by atoms with Crippen molar-refractivity contribution in [2.75, 3.05) is 39.3 Å². The number of aromatic nitrogens is 1. The van der Waals surface area contributed by atoms with E-state index < -0.39 is 0 Å². The predicted octanol–water partition coefficient (Wildman–Crippen LogP) is 2.68. The molecule has 0 atom stereocenters. The number of hydrogen-bond donors (Lipinski definition) is 2. The van der Waals surface area contributed by atoms with E-state index >= 15 is 0 Å². The summed E-state index contributed by atoms with van der Waals surface area (Å²) in [5.74, 6) is 0.936. The molecule has 2 N–H and O–H groups in total. The summed E-state index contributed by atoms with van der Waals surface area (Å²) in [5, 5.41) is 7.96. The third kappa shape index (κ3) is 7.18. The van der Waals surface area contributed by atoms with Crippen LogP contribution < -0.4 is 10.6 Å². The van der Waals surface area contributed by atoms with E-state index in [0.29, 0.717) is 0 Å². The monoisotopic (exact) mass is 351 g/mol. The van der Waals surface area contributed by atoms with E-state index in [4.69, 9.17) is 0 Å². The summed E-state index contributed by atoms with van der Waals surface area (Å²) in [6, 6.07) is 0. The van der Waals surface area contributed by atoms with Crippen LogP contribution in [-0.4, -0.2) is 55.1 Å². The minimum atomic E-state index is 0.885. The molecule has 1 saturated heterocycles. The van der Waals surface area contributed by atoms with Crippen molar-refractivity contribution in [2.45, 2.75) is 52.4 Å². The maximum Gasteiger partial charge on any atom is 0.191 e. The van der Waals surface area contributed by atoms with Gasteiger partial charge in [0.15, 0.2) is 5.96 Å². The highest BCUT2D eigenvalue weighted by molar-refractivity contribution is 7.11. The molecule has 1 aromatic heterocycles. The Labute approximate surface area is 151 Å². The zero-order chi connectivity index (χ0) is 17.0. The van der Waals surface area contributed by atoms with Gasteiger partial charge in [0.25, 0.3) is 0 Å². The Morgan fingerprint density at radius 2 is 2.08 bits per heavy atom. The van der Waals surface area contributed by atoms with Gasteiger partial charge < -0.3 is 15.5 Å². The number of unbranched alkanes of at least 4 members (excludes halogenated alkanes) is 1. The molecule has 0 saturated carbocycles. The van der Waals surface area contributed by atoms with E-state index in [-0.39, 0.29) is 0 Å². The molecule has 0 amide bonds. The standard InChI is InChI=1S/C18H33N5S/c1-3-16-15-22-17(24-16)9-11-21-18(19-4-2)20-10-5-6-12-23-13-7-8-14-23/h15H,3-14H2,1-2H3,(H2,19,20,21). The molecule has 1 aliphatic rings. The fourth-order valence-corrected chi connectivity index (χ4v) is 3.76. The van der Waals surface area contributed by atoms with Crippen molar-refractivity contribution < 1.29 is 0 Å². The highest BCUT2D eigenvalue weighted by atomic mass is 32.1. The number of hydrogen-bond acceptors (Lipinski definition) is 4. The van der Waals surface area contributed by atoms with E-state index in [1.165, 1.54) is 55.2 Å². The Balaban J connectivity index is 1.62. The summed E-state index contributed by atoms with van der Waals surface area (Å²) in [5.41, 5.74) is 0. The Morgan fingerprint density at radius 3 is 2.79 bits per heavy atom. The van der Waals surface area contributed by atoms with Crippen molar-refractivity contribution in [3.05, 3.63) is 16.1 Å². The fraction of sp³-hybridized carbons (Fsp3) is 0.778. The fourth-order valence-electron chi connectivity index (χ4n) is 2.90. The van der Waals surface area contributed by atoms with Gasteiger partial charge in [-0.15, -0.1) is 11.3 Å². The average molecular weight is 352 g/mol. The van der Waals surface area contributed by atoms with Crippen LogP contribution in [0.4, 0.5) is 0 Å². The molecule has 0 aliphatic carbocycles. The molecule has 136 valence electrons. The van der Waals surface area contributed by atoms with E-state index in [1.54, 1.807) is 0 Å². The van der Waals surface area contributed by atoms with Crippen molar-refractivity contribution in [3.8, 4) is 0 Å². The van der Waals surface area contributed by atoms with Crippen LogP contribution in [0.5, 0.6) is 0 Å². The first-order valence-corrected chi connectivity index (χ1v) is 10.3. The molecule has 2 rings (SSSR count). The number of rotatable bonds is 10. The lowest BCUT2D eigenvalue weighted by Gasteiger charge is -2.14. The number of aryl methyl sites for hydroxylation is 1. The first-order valence-electron chi connectivity index (χ1n) is 9.50. The van der Waals surface area contributed by atoms with Crippen LogP contribution in [0.2, 0.25) is 0 Å². The zero-order valence-electron chi connectivity index (χ0n) is 15.3. The van der Waals surface area contributed by atoms with Gasteiger partial charge in [-0.05, 0) is 58.7 Å². The third-order valence-corrected chi connectivity index (χ3v) is 5.48. The van der Waals surface area contributed by atoms with Crippen LogP contribution in [-0.2, 0) is 12.8 Å². The lowest BCUT2D eigenvalue weighted by molar-refractivity contribution is 0.331. The summed E-state index contributed by atoms with van der Waals surface area (Å²) >= 11 is 1.82. The topological polar surface area (TPSA) is 52.6 Å². The molecule has 0 spiro atoms. The molecule has 1 aromatic rings. The van der Waals surface area contributed by atoms with Gasteiger partial charge in [-0.3, -0.25) is 4.99 Å². The maximum absolute atomic E-state index is 4.69. The normalized spacial score (nSPS) is 15.8. The van der Waals surface area contributed by atoms with Crippen LogP contribution in [0.25, 0.3) is 0 Å². The van der Waals surface area contributed by atoms with Crippen molar-refractivity contribution >= 4 is 17.3 Å². The Bertz CT molecular complexity index is 480. The van der Waals surface area contributed by atoms with E-state index in [2.05, 4.69) is 39.4 Å². The number of nitrogens with zero attached hydrogens (tertiary/aromatic N) is 3. The SMILES string of the molecule is CCNC(=NCCCCN1CCCC1)NCCc1ncc(CC)s1. The van der Waals surface area contributed by atoms with Crippen molar-refractivity contribution in [1.29, 1.82) is 0 Å². The molecular formula is C18H33N5S. The van der Waals surface area contributed by atoms with Crippen molar-refractivity contribution in [3.63, 3.8) is 0 Å². The minimum Gasteiger partial charge on any atom is -0.357 e. The van der Waals surface area contributed by atoms with Crippen molar-refractivity contribution in [2.24, 2.45) is 4.99 Å². The van der Waals surface area contributed by atoms with Gasteiger partial charge in [0.2, 0.25) is 0 Å². The second kappa shape index (κ2) is 11.4. The summed E-state index contributed by atoms with van der Waals surface area (Å²) in [7, 11) is 0. The smallest absolute Gasteiger partial charge is 0.191 e. The molecule has 0 unspecified atom stereocenters. The van der Waals surface area contributed by atoms with Gasteiger partial charge in [0.05, 0.1) is 5.01 Å². The average Bonchev–Trinajstić information content (AvgIpc) is 3.26. The summed E-state index contributed by atoms with van der Waals surface area (Å²) in [6.45, 7) is 10.8. The molecule has 1 aliphatic heterocycles. The number of nitrogens with one attached hydrogen (secondary N) is 2. The van der Waals surface area contributed by atoms with Crippen LogP contribution in [0, 0.1) is 0 Å². The number of aliphatic imine (C=N–C) groups is 1. The van der Waals surface area contributed by atoms with Gasteiger partial charge >= 0.3 is 0 Å². The molecular weight excluding hydrogens is 318 g/mol. The second-order valence-corrected chi connectivity index (χ2v) is 7.47. The van der Waals surface area contributed by atoms with Gasteiger partial charge in [-0.2, -0.15) is 0 Å². The van der Waals surface area contributed by atoms with Gasteiger partial charge in [0, 0.05) is 37.1 Å².